The Labute approximate surface area is 169 Å². The van der Waals surface area contributed by atoms with Crippen LogP contribution in [0.4, 0.5) is 15.8 Å². The van der Waals surface area contributed by atoms with Gasteiger partial charge >= 0.3 is 0 Å². The second kappa shape index (κ2) is 7.75. The molecule has 0 unspecified atom stereocenters. The lowest BCUT2D eigenvalue weighted by Crippen LogP contribution is -2.20. The first-order valence-corrected chi connectivity index (χ1v) is 10.8. The van der Waals surface area contributed by atoms with E-state index in [1.807, 2.05) is 6.07 Å². The second-order valence-corrected chi connectivity index (χ2v) is 8.53. The Bertz CT molecular complexity index is 1130. The van der Waals surface area contributed by atoms with Crippen LogP contribution in [-0.2, 0) is 16.4 Å². The van der Waals surface area contributed by atoms with Gasteiger partial charge in [0.1, 0.15) is 16.5 Å². The Morgan fingerprint density at radius 3 is 2.41 bits per heavy atom. The predicted octanol–water partition coefficient (Wildman–Crippen LogP) is 4.66. The van der Waals surface area contributed by atoms with E-state index in [0.717, 1.165) is 29.5 Å². The van der Waals surface area contributed by atoms with Gasteiger partial charge in [-0.1, -0.05) is 12.1 Å². The number of ether oxygens (including phenoxy) is 1. The third-order valence-electron chi connectivity index (χ3n) is 4.92. The molecule has 0 aliphatic carbocycles. The van der Waals surface area contributed by atoms with Crippen molar-refractivity contribution in [3.05, 3.63) is 72.0 Å². The molecular weight excluding hydrogens is 391 g/mol. The van der Waals surface area contributed by atoms with Gasteiger partial charge in [-0.15, -0.1) is 0 Å². The van der Waals surface area contributed by atoms with E-state index < -0.39 is 10.0 Å². The number of hydrogen-bond donors (Lipinski definition) is 2. The molecule has 0 spiro atoms. The molecule has 3 aromatic rings. The number of benzene rings is 3. The summed E-state index contributed by atoms with van der Waals surface area (Å²) in [5.41, 5.74) is 3.52. The second-order valence-electron chi connectivity index (χ2n) is 6.88. The quantitative estimate of drug-likeness (QED) is 0.640. The average molecular weight is 412 g/mol. The van der Waals surface area contributed by atoms with Crippen LogP contribution in [0.15, 0.2) is 65.6 Å². The van der Waals surface area contributed by atoms with Crippen LogP contribution in [0.1, 0.15) is 12.0 Å². The molecule has 5 nitrogen and oxygen atoms in total. The molecule has 0 bridgehead atoms. The Morgan fingerprint density at radius 1 is 1.00 bits per heavy atom. The number of aryl methyl sites for hydroxylation is 1. The van der Waals surface area contributed by atoms with Crippen LogP contribution in [0.5, 0.6) is 5.75 Å². The van der Waals surface area contributed by atoms with Gasteiger partial charge in [0.2, 0.25) is 0 Å². The van der Waals surface area contributed by atoms with Gasteiger partial charge in [-0.05, 0) is 78.1 Å². The summed E-state index contributed by atoms with van der Waals surface area (Å²) in [6.45, 7) is 0.716. The van der Waals surface area contributed by atoms with Gasteiger partial charge in [0.15, 0.2) is 0 Å². The summed E-state index contributed by atoms with van der Waals surface area (Å²) in [4.78, 5) is 0.185. The van der Waals surface area contributed by atoms with E-state index in [9.17, 15) is 12.8 Å². The maximum absolute atomic E-state index is 13.3. The number of methoxy groups -OCH3 is 1. The molecule has 4 rings (SSSR count). The SMILES string of the molecule is COc1ccc(NS(=O)(=O)c2cc(-c3ccc(F)cc3)cc3c2NCCC3)cc1. The molecule has 7 heteroatoms. The van der Waals surface area contributed by atoms with Gasteiger partial charge in [-0.25, -0.2) is 12.8 Å². The van der Waals surface area contributed by atoms with E-state index >= 15 is 0 Å². The van der Waals surface area contributed by atoms with Gasteiger partial charge in [0.25, 0.3) is 10.0 Å². The number of rotatable bonds is 5. The number of nitrogens with one attached hydrogen (secondary N) is 2. The zero-order chi connectivity index (χ0) is 20.4. The largest absolute Gasteiger partial charge is 0.497 e. The van der Waals surface area contributed by atoms with E-state index in [1.54, 1.807) is 49.6 Å². The van der Waals surface area contributed by atoms with Gasteiger partial charge < -0.3 is 10.1 Å². The van der Waals surface area contributed by atoms with Crippen LogP contribution in [0.3, 0.4) is 0 Å². The molecule has 0 fully saturated rings. The third-order valence-corrected chi connectivity index (χ3v) is 6.32. The first-order valence-electron chi connectivity index (χ1n) is 9.30. The maximum Gasteiger partial charge on any atom is 0.263 e. The highest BCUT2D eigenvalue weighted by Gasteiger charge is 2.24. The van der Waals surface area contributed by atoms with Crippen molar-refractivity contribution in [1.82, 2.24) is 0 Å². The first-order chi connectivity index (χ1) is 14.0. The molecule has 0 amide bonds. The maximum atomic E-state index is 13.3. The summed E-state index contributed by atoms with van der Waals surface area (Å²) in [7, 11) is -2.29. The van der Waals surface area contributed by atoms with Crippen LogP contribution in [0.2, 0.25) is 0 Å². The molecule has 0 saturated carbocycles. The summed E-state index contributed by atoms with van der Waals surface area (Å²) in [5, 5.41) is 3.23. The lowest BCUT2D eigenvalue weighted by molar-refractivity contribution is 0.415. The van der Waals surface area contributed by atoms with Gasteiger partial charge in [-0.3, -0.25) is 4.72 Å². The molecule has 0 radical (unpaired) electrons. The first kappa shape index (κ1) is 19.3. The summed E-state index contributed by atoms with van der Waals surface area (Å²) in [5.74, 6) is 0.313. The van der Waals surface area contributed by atoms with Crippen LogP contribution in [0.25, 0.3) is 11.1 Å². The molecule has 150 valence electrons. The number of sulfonamides is 1. The number of hydrogen-bond acceptors (Lipinski definition) is 4. The minimum Gasteiger partial charge on any atom is -0.497 e. The lowest BCUT2D eigenvalue weighted by Gasteiger charge is -2.23. The summed E-state index contributed by atoms with van der Waals surface area (Å²) in [6, 6.07) is 16.4. The van der Waals surface area contributed by atoms with Crippen LogP contribution >= 0.6 is 0 Å². The van der Waals surface area contributed by atoms with E-state index in [1.165, 1.54) is 12.1 Å². The number of fused-ring (bicyclic) bond motifs is 1. The van der Waals surface area contributed by atoms with Crippen molar-refractivity contribution < 1.29 is 17.5 Å². The molecule has 2 N–H and O–H groups in total. The minimum atomic E-state index is -3.84. The molecule has 0 atom stereocenters. The predicted molar refractivity (Wildman–Crippen MR) is 112 cm³/mol. The van der Waals surface area contributed by atoms with E-state index in [4.69, 9.17) is 4.74 Å². The molecule has 3 aromatic carbocycles. The monoisotopic (exact) mass is 412 g/mol. The van der Waals surface area contributed by atoms with E-state index in [2.05, 4.69) is 10.0 Å². The molecular formula is C22H21FN2O3S. The van der Waals surface area contributed by atoms with Crippen molar-refractivity contribution in [2.45, 2.75) is 17.7 Å². The normalized spacial score (nSPS) is 13.3. The summed E-state index contributed by atoms with van der Waals surface area (Å²) < 4.78 is 47.5. The smallest absolute Gasteiger partial charge is 0.263 e. The fourth-order valence-electron chi connectivity index (χ4n) is 3.45. The molecule has 1 aliphatic heterocycles. The Kier molecular flexibility index (Phi) is 5.15. The third kappa shape index (κ3) is 4.05. The molecule has 0 saturated heterocycles. The van der Waals surface area contributed by atoms with Crippen molar-refractivity contribution in [3.63, 3.8) is 0 Å². The molecule has 1 aliphatic rings. The van der Waals surface area contributed by atoms with Crippen molar-refractivity contribution in [2.24, 2.45) is 0 Å². The zero-order valence-corrected chi connectivity index (χ0v) is 16.7. The van der Waals surface area contributed by atoms with Gasteiger partial charge in [0, 0.05) is 12.2 Å². The molecule has 1 heterocycles. The number of anilines is 2. The Balaban J connectivity index is 1.77. The molecule has 0 aromatic heterocycles. The number of halogens is 1. The highest BCUT2D eigenvalue weighted by Crippen LogP contribution is 2.36. The van der Waals surface area contributed by atoms with Gasteiger partial charge in [-0.2, -0.15) is 0 Å². The highest BCUT2D eigenvalue weighted by atomic mass is 32.2. The standard InChI is InChI=1S/C22H21FN2O3S/c1-28-20-10-8-19(9-11-20)25-29(26,27)21-14-17(15-4-6-18(23)7-5-15)13-16-3-2-12-24-22(16)21/h4-11,13-14,24-25H,2-3,12H2,1H3. The lowest BCUT2D eigenvalue weighted by atomic mass is 9.97. The van der Waals surface area contributed by atoms with Crippen molar-refractivity contribution in [2.75, 3.05) is 23.7 Å². The summed E-state index contributed by atoms with van der Waals surface area (Å²) >= 11 is 0. The molecule has 29 heavy (non-hydrogen) atoms. The van der Waals surface area contributed by atoms with Crippen molar-refractivity contribution in [3.8, 4) is 16.9 Å². The highest BCUT2D eigenvalue weighted by molar-refractivity contribution is 7.92. The van der Waals surface area contributed by atoms with E-state index in [0.29, 0.717) is 23.7 Å². The Morgan fingerprint density at radius 2 is 1.72 bits per heavy atom. The van der Waals surface area contributed by atoms with Crippen LogP contribution in [0, 0.1) is 5.82 Å². The fourth-order valence-corrected chi connectivity index (χ4v) is 4.76. The minimum absolute atomic E-state index is 0.185. The summed E-state index contributed by atoms with van der Waals surface area (Å²) in [6.07, 6.45) is 1.70. The van der Waals surface area contributed by atoms with Gasteiger partial charge in [0.05, 0.1) is 12.8 Å². The van der Waals surface area contributed by atoms with Crippen molar-refractivity contribution in [1.29, 1.82) is 0 Å². The Hall–Kier alpha value is -3.06. The van der Waals surface area contributed by atoms with Crippen molar-refractivity contribution >= 4 is 21.4 Å². The van der Waals surface area contributed by atoms with E-state index in [-0.39, 0.29) is 10.7 Å². The zero-order valence-electron chi connectivity index (χ0n) is 15.9. The average Bonchev–Trinajstić information content (AvgIpc) is 2.74. The fraction of sp³-hybridized carbons (Fsp3) is 0.182. The topological polar surface area (TPSA) is 67.4 Å². The van der Waals surface area contributed by atoms with Crippen LogP contribution in [-0.4, -0.2) is 22.1 Å². The van der Waals surface area contributed by atoms with Crippen LogP contribution < -0.4 is 14.8 Å².